The van der Waals surface area contributed by atoms with Gasteiger partial charge >= 0.3 is 0 Å². The van der Waals surface area contributed by atoms with E-state index >= 15 is 0 Å². The van der Waals surface area contributed by atoms with E-state index in [1.807, 2.05) is 13.0 Å². The Bertz CT molecular complexity index is 676. The Morgan fingerprint density at radius 1 is 1.42 bits per heavy atom. The molecule has 6 nitrogen and oxygen atoms in total. The highest BCUT2D eigenvalue weighted by atomic mass is 16.6. The van der Waals surface area contributed by atoms with Gasteiger partial charge in [-0.25, -0.2) is 4.68 Å². The van der Waals surface area contributed by atoms with Crippen molar-refractivity contribution in [1.82, 2.24) is 9.78 Å². The van der Waals surface area contributed by atoms with Crippen LogP contribution in [-0.4, -0.2) is 14.7 Å². The van der Waals surface area contributed by atoms with Crippen molar-refractivity contribution in [3.63, 3.8) is 0 Å². The van der Waals surface area contributed by atoms with Crippen LogP contribution in [0.2, 0.25) is 0 Å². The Morgan fingerprint density at radius 3 is 2.95 bits per heavy atom. The largest absolute Gasteiger partial charge is 0.382 e. The van der Waals surface area contributed by atoms with Gasteiger partial charge in [0.15, 0.2) is 0 Å². The van der Waals surface area contributed by atoms with E-state index in [0.29, 0.717) is 11.5 Å². The number of aromatic nitrogens is 2. The molecule has 98 valence electrons. The quantitative estimate of drug-likeness (QED) is 0.660. The van der Waals surface area contributed by atoms with Crippen LogP contribution in [0, 0.1) is 17.0 Å². The van der Waals surface area contributed by atoms with Crippen molar-refractivity contribution in [3.8, 4) is 5.69 Å². The Labute approximate surface area is 110 Å². The predicted octanol–water partition coefficient (Wildman–Crippen LogP) is 2.16. The van der Waals surface area contributed by atoms with Crippen molar-refractivity contribution >= 4 is 11.5 Å². The van der Waals surface area contributed by atoms with Crippen LogP contribution in [0.5, 0.6) is 0 Å². The van der Waals surface area contributed by atoms with Gasteiger partial charge in [-0.3, -0.25) is 10.1 Å². The molecule has 1 aromatic carbocycles. The van der Waals surface area contributed by atoms with Gasteiger partial charge in [0.05, 0.1) is 4.92 Å². The van der Waals surface area contributed by atoms with Gasteiger partial charge in [-0.15, -0.1) is 5.10 Å². The smallest absolute Gasteiger partial charge is 0.295 e. The third kappa shape index (κ3) is 1.76. The van der Waals surface area contributed by atoms with Crippen LogP contribution in [-0.2, 0) is 12.8 Å². The molecule has 0 radical (unpaired) electrons. The molecule has 0 saturated carbocycles. The molecule has 0 saturated heterocycles. The number of nitro benzene ring substituents is 1. The van der Waals surface area contributed by atoms with Crippen molar-refractivity contribution in [2.24, 2.45) is 0 Å². The molecule has 0 spiro atoms. The van der Waals surface area contributed by atoms with Gasteiger partial charge in [0.1, 0.15) is 11.5 Å². The fourth-order valence-corrected chi connectivity index (χ4v) is 2.62. The molecule has 1 heterocycles. The fraction of sp³-hybridized carbons (Fsp3) is 0.308. The second-order valence-electron chi connectivity index (χ2n) is 4.83. The molecule has 1 aliphatic carbocycles. The first-order valence-electron chi connectivity index (χ1n) is 6.19. The second-order valence-corrected chi connectivity index (χ2v) is 4.83. The zero-order valence-corrected chi connectivity index (χ0v) is 10.6. The molecule has 0 fully saturated rings. The average Bonchev–Trinajstić information content (AvgIpc) is 2.94. The van der Waals surface area contributed by atoms with E-state index in [9.17, 15) is 10.1 Å². The standard InChI is InChI=1S/C13H14N4O2/c1-8-5-6-11(12(7-8)17(18)19)16-10-4-2-3-9(10)13(14)15-16/h5-7H,2-4H2,1H3,(H2,14,15). The molecule has 2 N–H and O–H groups in total. The maximum atomic E-state index is 11.2. The Morgan fingerprint density at radius 2 is 2.21 bits per heavy atom. The first-order valence-corrected chi connectivity index (χ1v) is 6.19. The third-order valence-corrected chi connectivity index (χ3v) is 3.52. The van der Waals surface area contributed by atoms with Crippen LogP contribution in [0.1, 0.15) is 23.2 Å². The predicted molar refractivity (Wildman–Crippen MR) is 71.4 cm³/mol. The summed E-state index contributed by atoms with van der Waals surface area (Å²) in [6.07, 6.45) is 2.79. The van der Waals surface area contributed by atoms with E-state index in [-0.39, 0.29) is 10.6 Å². The number of fused-ring (bicyclic) bond motifs is 1. The molecule has 0 bridgehead atoms. The normalized spacial score (nSPS) is 13.5. The van der Waals surface area contributed by atoms with Gasteiger partial charge in [0, 0.05) is 17.3 Å². The summed E-state index contributed by atoms with van der Waals surface area (Å²) in [4.78, 5) is 10.8. The van der Waals surface area contributed by atoms with Crippen LogP contribution < -0.4 is 5.73 Å². The van der Waals surface area contributed by atoms with Crippen molar-refractivity contribution in [2.75, 3.05) is 5.73 Å². The molecule has 3 rings (SSSR count). The molecule has 1 aliphatic rings. The third-order valence-electron chi connectivity index (χ3n) is 3.52. The molecule has 0 atom stereocenters. The maximum Gasteiger partial charge on any atom is 0.295 e. The minimum Gasteiger partial charge on any atom is -0.382 e. The van der Waals surface area contributed by atoms with E-state index in [1.54, 1.807) is 16.8 Å². The summed E-state index contributed by atoms with van der Waals surface area (Å²) in [6, 6.07) is 5.15. The number of rotatable bonds is 2. The number of hydrogen-bond donors (Lipinski definition) is 1. The number of aryl methyl sites for hydroxylation is 1. The number of nitrogen functional groups attached to an aromatic ring is 1. The summed E-state index contributed by atoms with van der Waals surface area (Å²) in [5.41, 5.74) is 9.34. The van der Waals surface area contributed by atoms with E-state index in [1.165, 1.54) is 0 Å². The minimum atomic E-state index is -0.373. The van der Waals surface area contributed by atoms with E-state index in [2.05, 4.69) is 5.10 Å². The fourth-order valence-electron chi connectivity index (χ4n) is 2.62. The highest BCUT2D eigenvalue weighted by Gasteiger charge is 2.25. The molecule has 2 aromatic rings. The van der Waals surface area contributed by atoms with Gasteiger partial charge < -0.3 is 5.73 Å². The van der Waals surface area contributed by atoms with Crippen molar-refractivity contribution < 1.29 is 4.92 Å². The molecule has 0 amide bonds. The van der Waals surface area contributed by atoms with Crippen LogP contribution in [0.3, 0.4) is 0 Å². The molecular formula is C13H14N4O2. The molecule has 19 heavy (non-hydrogen) atoms. The number of anilines is 1. The van der Waals surface area contributed by atoms with Gasteiger partial charge in [0.2, 0.25) is 0 Å². The first kappa shape index (κ1) is 11.7. The van der Waals surface area contributed by atoms with Crippen LogP contribution >= 0.6 is 0 Å². The van der Waals surface area contributed by atoms with Gasteiger partial charge in [-0.2, -0.15) is 0 Å². The van der Waals surface area contributed by atoms with Crippen LogP contribution in [0.25, 0.3) is 5.69 Å². The SMILES string of the molecule is Cc1ccc(-n2nc(N)c3c2CCC3)c([N+](=O)[O-])c1. The topological polar surface area (TPSA) is 87.0 Å². The summed E-state index contributed by atoms with van der Waals surface area (Å²) in [6.45, 7) is 1.83. The average molecular weight is 258 g/mol. The summed E-state index contributed by atoms with van der Waals surface area (Å²) in [7, 11) is 0. The van der Waals surface area contributed by atoms with E-state index in [4.69, 9.17) is 5.73 Å². The number of nitrogens with two attached hydrogens (primary N) is 1. The van der Waals surface area contributed by atoms with Crippen LogP contribution in [0.15, 0.2) is 18.2 Å². The van der Waals surface area contributed by atoms with Crippen LogP contribution in [0.4, 0.5) is 11.5 Å². The lowest BCUT2D eigenvalue weighted by molar-refractivity contribution is -0.384. The van der Waals surface area contributed by atoms with Gasteiger partial charge in [-0.1, -0.05) is 6.07 Å². The zero-order valence-electron chi connectivity index (χ0n) is 10.6. The molecule has 6 heteroatoms. The summed E-state index contributed by atoms with van der Waals surface area (Å²) >= 11 is 0. The highest BCUT2D eigenvalue weighted by molar-refractivity contribution is 5.57. The van der Waals surface area contributed by atoms with E-state index < -0.39 is 0 Å². The summed E-state index contributed by atoms with van der Waals surface area (Å²) < 4.78 is 1.63. The Kier molecular flexibility index (Phi) is 2.51. The number of hydrogen-bond acceptors (Lipinski definition) is 4. The number of nitrogens with zero attached hydrogens (tertiary/aromatic N) is 3. The summed E-state index contributed by atoms with van der Waals surface area (Å²) in [5, 5.41) is 15.5. The Balaban J connectivity index is 2.23. The first-order chi connectivity index (χ1) is 9.08. The maximum absolute atomic E-state index is 11.2. The number of nitro groups is 1. The Hall–Kier alpha value is -2.37. The summed E-state index contributed by atoms with van der Waals surface area (Å²) in [5.74, 6) is 0.488. The van der Waals surface area contributed by atoms with Crippen molar-refractivity contribution in [3.05, 3.63) is 45.1 Å². The highest BCUT2D eigenvalue weighted by Crippen LogP contribution is 2.32. The number of benzene rings is 1. The van der Waals surface area contributed by atoms with Crippen molar-refractivity contribution in [1.29, 1.82) is 0 Å². The van der Waals surface area contributed by atoms with Gasteiger partial charge in [0.25, 0.3) is 5.69 Å². The molecule has 1 aromatic heterocycles. The molecule has 0 unspecified atom stereocenters. The molecular weight excluding hydrogens is 244 g/mol. The lowest BCUT2D eigenvalue weighted by Crippen LogP contribution is -2.05. The zero-order chi connectivity index (χ0) is 13.6. The second kappa shape index (κ2) is 4.08. The minimum absolute atomic E-state index is 0.0669. The van der Waals surface area contributed by atoms with E-state index in [0.717, 1.165) is 36.1 Å². The monoisotopic (exact) mass is 258 g/mol. The lowest BCUT2D eigenvalue weighted by atomic mass is 10.2. The van der Waals surface area contributed by atoms with Crippen molar-refractivity contribution in [2.45, 2.75) is 26.2 Å². The molecule has 0 aliphatic heterocycles. The van der Waals surface area contributed by atoms with Gasteiger partial charge in [-0.05, 0) is 37.8 Å². The lowest BCUT2D eigenvalue weighted by Gasteiger charge is -2.07.